The number of fused-ring (bicyclic) bond motifs is 1. The van der Waals surface area contributed by atoms with Gasteiger partial charge in [-0.2, -0.15) is 4.98 Å². The summed E-state index contributed by atoms with van der Waals surface area (Å²) in [4.78, 5) is 86.0. The maximum Gasteiger partial charge on any atom is 0.472 e. The third kappa shape index (κ3) is 11.3. The molecule has 340 valence electrons. The summed E-state index contributed by atoms with van der Waals surface area (Å²) in [6.07, 6.45) is -7.44. The van der Waals surface area contributed by atoms with Gasteiger partial charge >= 0.3 is 33.4 Å². The third-order valence-electron chi connectivity index (χ3n) is 9.95. The first-order valence-electron chi connectivity index (χ1n) is 18.5. The summed E-state index contributed by atoms with van der Waals surface area (Å²) in [6, 6.07) is 7.46. The Kier molecular flexibility index (Phi) is 14.4. The number of hydrogen-bond donors (Lipinski definition) is 9. The minimum absolute atomic E-state index is 0.0332. The Hall–Kier alpha value is -5.64. The molecule has 4 aromatic rings. The standard InChI is InChI=1S/C32H41N13O16P2/c33-21-6-9-44(30(49)41-21)22-10-18(19(59-22)12-57-62(51,52)53)61-63(54,55)58-13-20-23(25(46)28(60-20)45-15-40-24-26(34)38-14-39-27(24)45)32(35,29(47)48)7-1-8-37-31(50)56-11-16-2-4-17(5-3-16)42-43-36/h2-6,9,14-15,18-20,22-23,25,28,46H,1,7-8,10-13,35H2,(H,37,50)(H,47,48)(H,54,55)(H2,33,41,49)(H2,34,38,39)(H2,51,52,53)/t18-,19+,20-,22+,23+,25+,28+,32?/m0/s1. The van der Waals surface area contributed by atoms with Crippen LogP contribution in [0.5, 0.6) is 0 Å². The largest absolute Gasteiger partial charge is 0.480 e. The number of nitrogen functional groups attached to an aromatic ring is 2. The minimum Gasteiger partial charge on any atom is -0.480 e. The van der Waals surface area contributed by atoms with Gasteiger partial charge in [-0.1, -0.05) is 29.4 Å². The number of carboxylic acid groups (broad SMARTS) is 1. The van der Waals surface area contributed by atoms with Crippen LogP contribution in [-0.2, 0) is 48.3 Å². The number of aliphatic hydroxyl groups is 1. The second-order valence-corrected chi connectivity index (χ2v) is 16.7. The van der Waals surface area contributed by atoms with Crippen molar-refractivity contribution in [3.63, 3.8) is 0 Å². The highest BCUT2D eigenvalue weighted by Crippen LogP contribution is 2.51. The van der Waals surface area contributed by atoms with Crippen LogP contribution in [-0.4, -0.2) is 116 Å². The van der Waals surface area contributed by atoms with Gasteiger partial charge < -0.3 is 61.6 Å². The zero-order chi connectivity index (χ0) is 45.7. The number of anilines is 2. The molecule has 6 rings (SSSR count). The normalized spacial score (nSPS) is 24.3. The first-order chi connectivity index (χ1) is 29.8. The molecule has 0 aliphatic carbocycles. The molecule has 1 aromatic carbocycles. The molecule has 2 aliphatic heterocycles. The molecule has 2 fully saturated rings. The number of hydrogen-bond acceptors (Lipinski definition) is 20. The predicted molar refractivity (Wildman–Crippen MR) is 210 cm³/mol. The topological polar surface area (TPSA) is 442 Å². The highest BCUT2D eigenvalue weighted by Gasteiger charge is 2.58. The van der Waals surface area contributed by atoms with Gasteiger partial charge in [-0.05, 0) is 30.0 Å². The van der Waals surface area contributed by atoms with E-state index in [1.807, 2.05) is 0 Å². The molecular formula is C32H41N13O16P2. The third-order valence-corrected chi connectivity index (χ3v) is 11.4. The van der Waals surface area contributed by atoms with Crippen molar-refractivity contribution < 1.29 is 71.4 Å². The van der Waals surface area contributed by atoms with Crippen LogP contribution in [0.1, 0.15) is 37.3 Å². The molecule has 1 amide bonds. The van der Waals surface area contributed by atoms with E-state index in [1.54, 1.807) is 12.1 Å². The summed E-state index contributed by atoms with van der Waals surface area (Å²) in [5.41, 5.74) is 24.4. The van der Waals surface area contributed by atoms with Crippen molar-refractivity contribution in [1.29, 1.82) is 0 Å². The lowest BCUT2D eigenvalue weighted by molar-refractivity contribution is -0.149. The molecule has 0 radical (unpaired) electrons. The lowest BCUT2D eigenvalue weighted by Crippen LogP contribution is -2.60. The lowest BCUT2D eigenvalue weighted by Gasteiger charge is -2.35. The number of phosphoric acid groups is 2. The Morgan fingerprint density at radius 2 is 1.78 bits per heavy atom. The number of ether oxygens (including phenoxy) is 3. The first-order valence-corrected chi connectivity index (χ1v) is 21.5. The van der Waals surface area contributed by atoms with E-state index in [2.05, 4.69) is 39.8 Å². The number of aromatic nitrogens is 6. The smallest absolute Gasteiger partial charge is 0.472 e. The van der Waals surface area contributed by atoms with Crippen molar-refractivity contribution >= 4 is 56.2 Å². The molecule has 0 saturated carbocycles. The van der Waals surface area contributed by atoms with Crippen molar-refractivity contribution in [3.8, 4) is 0 Å². The monoisotopic (exact) mass is 925 g/mol. The van der Waals surface area contributed by atoms with Gasteiger partial charge in [0, 0.05) is 35.7 Å². The summed E-state index contributed by atoms with van der Waals surface area (Å²) in [5.74, 6) is -3.42. The molecule has 31 heteroatoms. The Morgan fingerprint density at radius 3 is 2.46 bits per heavy atom. The molecule has 0 bridgehead atoms. The van der Waals surface area contributed by atoms with Crippen LogP contribution >= 0.6 is 15.6 Å². The van der Waals surface area contributed by atoms with Crippen LogP contribution in [0.2, 0.25) is 0 Å². The predicted octanol–water partition coefficient (Wildman–Crippen LogP) is 0.452. The fourth-order valence-electron chi connectivity index (χ4n) is 7.02. The van der Waals surface area contributed by atoms with Crippen molar-refractivity contribution in [3.05, 3.63) is 75.7 Å². The highest BCUT2D eigenvalue weighted by molar-refractivity contribution is 7.47. The maximum absolute atomic E-state index is 13.6. The van der Waals surface area contributed by atoms with E-state index in [9.17, 15) is 48.4 Å². The number of carboxylic acids is 1. The van der Waals surface area contributed by atoms with E-state index >= 15 is 0 Å². The molecule has 3 aromatic heterocycles. The molecule has 63 heavy (non-hydrogen) atoms. The summed E-state index contributed by atoms with van der Waals surface area (Å²) >= 11 is 0. The molecular weight excluding hydrogens is 884 g/mol. The van der Waals surface area contributed by atoms with Crippen LogP contribution < -0.4 is 28.2 Å². The quantitative estimate of drug-likeness (QED) is 0.0203. The highest BCUT2D eigenvalue weighted by atomic mass is 31.2. The number of alkyl carbamates (subject to hydrolysis) is 1. The molecule has 5 heterocycles. The van der Waals surface area contributed by atoms with Crippen molar-refractivity contribution in [2.24, 2.45) is 16.8 Å². The van der Waals surface area contributed by atoms with Gasteiger partial charge in [0.05, 0.1) is 25.6 Å². The maximum atomic E-state index is 13.6. The van der Waals surface area contributed by atoms with Gasteiger partial charge in [-0.15, -0.1) is 0 Å². The van der Waals surface area contributed by atoms with E-state index in [0.29, 0.717) is 11.3 Å². The van der Waals surface area contributed by atoms with Crippen LogP contribution in [0.4, 0.5) is 22.1 Å². The van der Waals surface area contributed by atoms with Gasteiger partial charge in [-0.3, -0.25) is 27.5 Å². The molecule has 9 atom stereocenters. The fourth-order valence-corrected chi connectivity index (χ4v) is 8.32. The fraction of sp³-hybridized carbons (Fsp3) is 0.469. The lowest BCUT2D eigenvalue weighted by atomic mass is 9.75. The van der Waals surface area contributed by atoms with E-state index < -0.39 is 101 Å². The average molecular weight is 926 g/mol. The number of phosphoric ester groups is 2. The number of azide groups is 1. The van der Waals surface area contributed by atoms with Crippen LogP contribution in [0.15, 0.2) is 59.1 Å². The Labute approximate surface area is 353 Å². The molecule has 2 aliphatic rings. The number of nitrogens with zero attached hydrogens (tertiary/aromatic N) is 9. The second-order valence-electron chi connectivity index (χ2n) is 14.1. The van der Waals surface area contributed by atoms with E-state index in [4.69, 9.17) is 46.0 Å². The average Bonchev–Trinajstić information content (AvgIpc) is 3.92. The van der Waals surface area contributed by atoms with Gasteiger partial charge in [0.1, 0.15) is 54.3 Å². The summed E-state index contributed by atoms with van der Waals surface area (Å²) in [6.45, 7) is -2.15. The van der Waals surface area contributed by atoms with E-state index in [1.165, 1.54) is 35.3 Å². The van der Waals surface area contributed by atoms with Gasteiger partial charge in [0.15, 0.2) is 17.7 Å². The zero-order valence-electron chi connectivity index (χ0n) is 32.5. The molecule has 29 nitrogen and oxygen atoms in total. The number of nitrogens with two attached hydrogens (primary N) is 3. The van der Waals surface area contributed by atoms with Crippen molar-refractivity contribution in [1.82, 2.24) is 34.4 Å². The Bertz CT molecular complexity index is 2500. The number of carbonyl (C=O) groups is 2. The van der Waals surface area contributed by atoms with Gasteiger partial charge in [0.25, 0.3) is 0 Å². The van der Waals surface area contributed by atoms with Crippen LogP contribution in [0, 0.1) is 5.92 Å². The Balaban J connectivity index is 1.18. The zero-order valence-corrected chi connectivity index (χ0v) is 34.3. The number of rotatable bonds is 19. The number of carbonyl (C=O) groups excluding carboxylic acids is 1. The number of amides is 1. The molecule has 2 unspecified atom stereocenters. The summed E-state index contributed by atoms with van der Waals surface area (Å²) in [7, 11) is -10.4. The van der Waals surface area contributed by atoms with E-state index in [-0.39, 0.29) is 48.8 Å². The molecule has 12 N–H and O–H groups in total. The van der Waals surface area contributed by atoms with Crippen LogP contribution in [0.3, 0.4) is 0 Å². The summed E-state index contributed by atoms with van der Waals surface area (Å²) in [5, 5.41) is 28.3. The number of nitrogens with one attached hydrogen (secondary N) is 1. The first kappa shape index (κ1) is 46.9. The summed E-state index contributed by atoms with van der Waals surface area (Å²) < 4.78 is 59.4. The van der Waals surface area contributed by atoms with E-state index in [0.717, 1.165) is 10.9 Å². The van der Waals surface area contributed by atoms with Gasteiger partial charge in [-0.25, -0.2) is 33.7 Å². The number of benzene rings is 1. The van der Waals surface area contributed by atoms with Crippen molar-refractivity contribution in [2.75, 3.05) is 31.2 Å². The minimum atomic E-state index is -5.29. The second kappa shape index (κ2) is 19.4. The Morgan fingerprint density at radius 1 is 1.05 bits per heavy atom. The molecule has 0 spiro atoms. The van der Waals surface area contributed by atoms with Gasteiger partial charge in [0.2, 0.25) is 0 Å². The SMILES string of the molecule is [N-]=[N+]=Nc1ccc(COC(=O)NCCCC(N)(C(=O)O)[C@H]2[C@@H](O)[C@H](n3cnc4c(N)ncnc43)O[C@H]2COP(=O)(O)O[C@H]2C[C@H](n3ccc(N)nc3=O)O[C@@H]2COP(=O)(O)O)cc1. The van der Waals surface area contributed by atoms with Crippen molar-refractivity contribution in [2.45, 2.75) is 68.3 Å². The molecule has 2 saturated heterocycles. The van der Waals surface area contributed by atoms with Crippen LogP contribution in [0.25, 0.3) is 21.6 Å². The number of aliphatic carboxylic acids is 1. The number of aliphatic hydroxyl groups excluding tert-OH is 1. The number of imidazole rings is 1.